The van der Waals surface area contributed by atoms with Crippen LogP contribution in [0.1, 0.15) is 25.3 Å². The maximum atomic E-state index is 14.3. The Morgan fingerprint density at radius 1 is 1.17 bits per heavy atom. The minimum Gasteiger partial charge on any atom is -0.508 e. The maximum absolute atomic E-state index is 14.3. The Balaban J connectivity index is 1.40. The number of hydrogen-bond acceptors (Lipinski definition) is 4. The van der Waals surface area contributed by atoms with Crippen molar-refractivity contribution in [3.8, 4) is 5.75 Å². The largest absolute Gasteiger partial charge is 0.508 e. The Hall–Kier alpha value is -2.44. The van der Waals surface area contributed by atoms with Crippen LogP contribution in [0.25, 0.3) is 0 Å². The Morgan fingerprint density at radius 3 is 2.66 bits per heavy atom. The zero-order valence-electron chi connectivity index (χ0n) is 16.7. The van der Waals surface area contributed by atoms with E-state index in [2.05, 4.69) is 4.90 Å². The summed E-state index contributed by atoms with van der Waals surface area (Å²) in [7, 11) is 0. The van der Waals surface area contributed by atoms with Crippen molar-refractivity contribution >= 4 is 11.6 Å². The number of anilines is 1. The molecule has 154 valence electrons. The minimum absolute atomic E-state index is 0.188. The number of phenols is 1. The van der Waals surface area contributed by atoms with E-state index in [-0.39, 0.29) is 11.7 Å². The second-order valence-corrected chi connectivity index (χ2v) is 8.08. The van der Waals surface area contributed by atoms with Crippen LogP contribution in [-0.2, 0) is 16.0 Å². The molecule has 0 radical (unpaired) electrons. The molecule has 0 bridgehead atoms. The van der Waals surface area contributed by atoms with E-state index in [9.17, 15) is 14.3 Å². The smallest absolute Gasteiger partial charge is 0.256 e. The Labute approximate surface area is 170 Å². The van der Waals surface area contributed by atoms with Crippen LogP contribution >= 0.6 is 0 Å². The molecule has 5 nitrogen and oxygen atoms in total. The highest BCUT2D eigenvalue weighted by Crippen LogP contribution is 2.35. The number of morpholine rings is 1. The van der Waals surface area contributed by atoms with E-state index in [0.29, 0.717) is 18.0 Å². The molecular weight excluding hydrogens is 371 g/mol. The van der Waals surface area contributed by atoms with Crippen LogP contribution < -0.4 is 4.90 Å². The molecule has 2 fully saturated rings. The summed E-state index contributed by atoms with van der Waals surface area (Å²) in [6, 6.07) is 13.8. The van der Waals surface area contributed by atoms with Gasteiger partial charge in [0.15, 0.2) is 0 Å². The predicted octanol–water partition coefficient (Wildman–Crippen LogP) is 3.36. The van der Waals surface area contributed by atoms with Gasteiger partial charge in [-0.2, -0.15) is 0 Å². The number of phenolic OH excluding ortho intramolecular Hbond substituents is 1. The van der Waals surface area contributed by atoms with E-state index in [1.807, 2.05) is 12.1 Å². The lowest BCUT2D eigenvalue weighted by molar-refractivity contribution is -0.161. The van der Waals surface area contributed by atoms with Crippen LogP contribution in [0.2, 0.25) is 0 Å². The number of benzene rings is 2. The first-order valence-electron chi connectivity index (χ1n) is 10.2. The first-order chi connectivity index (χ1) is 14.0. The number of carbonyl (C=O) groups is 1. The third-order valence-electron chi connectivity index (χ3n) is 6.02. The number of amides is 1. The van der Waals surface area contributed by atoms with Gasteiger partial charge in [0.25, 0.3) is 5.91 Å². The highest BCUT2D eigenvalue weighted by atomic mass is 19.1. The highest BCUT2D eigenvalue weighted by Gasteiger charge is 2.46. The van der Waals surface area contributed by atoms with E-state index in [0.717, 1.165) is 44.5 Å². The molecule has 4 rings (SSSR count). The van der Waals surface area contributed by atoms with Crippen molar-refractivity contribution in [3.63, 3.8) is 0 Å². The summed E-state index contributed by atoms with van der Waals surface area (Å²) in [4.78, 5) is 16.6. The third-order valence-corrected chi connectivity index (χ3v) is 6.02. The number of piperidine rings is 1. The molecule has 0 aliphatic carbocycles. The zero-order chi connectivity index (χ0) is 20.4. The third kappa shape index (κ3) is 4.28. The second-order valence-electron chi connectivity index (χ2n) is 8.08. The van der Waals surface area contributed by atoms with Crippen LogP contribution in [-0.4, -0.2) is 53.8 Å². The van der Waals surface area contributed by atoms with Crippen LogP contribution in [0, 0.1) is 5.82 Å². The van der Waals surface area contributed by atoms with Gasteiger partial charge in [-0.15, -0.1) is 0 Å². The standard InChI is InChI=1S/C23H27FN2O3/c1-17-22(28)26(21-8-3-2-7-20(21)24)16-23(29-17)10-13-25(14-11-23)12-9-18-5-4-6-19(27)15-18/h2-8,15,17,27H,9-14,16H2,1H3. The molecule has 2 aromatic carbocycles. The van der Waals surface area contributed by atoms with Crippen molar-refractivity contribution in [3.05, 3.63) is 59.9 Å². The average molecular weight is 398 g/mol. The number of nitrogens with zero attached hydrogens (tertiary/aromatic N) is 2. The molecule has 0 saturated carbocycles. The van der Waals surface area contributed by atoms with Gasteiger partial charge in [0.2, 0.25) is 0 Å². The van der Waals surface area contributed by atoms with Crippen molar-refractivity contribution in [1.29, 1.82) is 0 Å². The summed E-state index contributed by atoms with van der Waals surface area (Å²) in [5.41, 5.74) is 1.01. The molecule has 29 heavy (non-hydrogen) atoms. The van der Waals surface area contributed by atoms with E-state index in [1.54, 1.807) is 42.2 Å². The van der Waals surface area contributed by atoms with Gasteiger partial charge in [-0.05, 0) is 56.0 Å². The van der Waals surface area contributed by atoms with Gasteiger partial charge in [-0.25, -0.2) is 4.39 Å². The fraction of sp³-hybridized carbons (Fsp3) is 0.435. The molecule has 2 aliphatic rings. The normalized spacial score (nSPS) is 22.2. The molecule has 1 N–H and O–H groups in total. The number of rotatable bonds is 4. The number of para-hydroxylation sites is 1. The van der Waals surface area contributed by atoms with Gasteiger partial charge in [0, 0.05) is 19.6 Å². The van der Waals surface area contributed by atoms with Crippen molar-refractivity contribution in [1.82, 2.24) is 4.90 Å². The van der Waals surface area contributed by atoms with Gasteiger partial charge >= 0.3 is 0 Å². The number of halogens is 1. The lowest BCUT2D eigenvalue weighted by Gasteiger charge is -2.49. The van der Waals surface area contributed by atoms with Crippen LogP contribution in [0.5, 0.6) is 5.75 Å². The van der Waals surface area contributed by atoms with E-state index in [4.69, 9.17) is 4.74 Å². The van der Waals surface area contributed by atoms with Gasteiger partial charge in [0.05, 0.1) is 17.8 Å². The molecule has 2 saturated heterocycles. The number of hydrogen-bond donors (Lipinski definition) is 1. The maximum Gasteiger partial charge on any atom is 0.256 e. The highest BCUT2D eigenvalue weighted by molar-refractivity contribution is 5.97. The summed E-state index contributed by atoms with van der Waals surface area (Å²) in [5, 5.41) is 9.61. The van der Waals surface area contributed by atoms with E-state index in [1.165, 1.54) is 6.07 Å². The topological polar surface area (TPSA) is 53.0 Å². The van der Waals surface area contributed by atoms with E-state index < -0.39 is 11.7 Å². The number of likely N-dealkylation sites (tertiary alicyclic amines) is 1. The van der Waals surface area contributed by atoms with Crippen molar-refractivity contribution in [2.45, 2.75) is 37.9 Å². The molecule has 2 heterocycles. The van der Waals surface area contributed by atoms with Crippen LogP contribution in [0.15, 0.2) is 48.5 Å². The quantitative estimate of drug-likeness (QED) is 0.858. The molecule has 2 aliphatic heterocycles. The van der Waals surface area contributed by atoms with Gasteiger partial charge < -0.3 is 19.6 Å². The number of ether oxygens (including phenoxy) is 1. The van der Waals surface area contributed by atoms with Gasteiger partial charge in [-0.3, -0.25) is 4.79 Å². The lowest BCUT2D eigenvalue weighted by atomic mass is 9.88. The average Bonchev–Trinajstić information content (AvgIpc) is 2.71. The van der Waals surface area contributed by atoms with Crippen LogP contribution in [0.4, 0.5) is 10.1 Å². The summed E-state index contributed by atoms with van der Waals surface area (Å²) in [6.45, 7) is 4.78. The molecule has 1 amide bonds. The van der Waals surface area contributed by atoms with Crippen molar-refractivity contribution in [2.75, 3.05) is 31.1 Å². The number of aromatic hydroxyl groups is 1. The molecule has 6 heteroatoms. The van der Waals surface area contributed by atoms with Gasteiger partial charge in [0.1, 0.15) is 17.7 Å². The van der Waals surface area contributed by atoms with Crippen molar-refractivity contribution < 1.29 is 19.0 Å². The second kappa shape index (κ2) is 8.13. The Morgan fingerprint density at radius 2 is 1.93 bits per heavy atom. The van der Waals surface area contributed by atoms with Crippen molar-refractivity contribution in [2.24, 2.45) is 0 Å². The first kappa shape index (κ1) is 19.9. The lowest BCUT2D eigenvalue weighted by Crippen LogP contribution is -2.61. The molecule has 0 aromatic heterocycles. The minimum atomic E-state index is -0.581. The Kier molecular flexibility index (Phi) is 5.56. The first-order valence-corrected chi connectivity index (χ1v) is 10.2. The molecule has 1 unspecified atom stereocenters. The SMILES string of the molecule is CC1OC2(CCN(CCc3cccc(O)c3)CC2)CN(c2ccccc2F)C1=O. The van der Waals surface area contributed by atoms with Crippen LogP contribution in [0.3, 0.4) is 0 Å². The fourth-order valence-corrected chi connectivity index (χ4v) is 4.38. The molecule has 1 spiro atoms. The predicted molar refractivity (Wildman–Crippen MR) is 110 cm³/mol. The monoisotopic (exact) mass is 398 g/mol. The Bertz CT molecular complexity index is 880. The molecule has 1 atom stereocenters. The summed E-state index contributed by atoms with van der Waals surface area (Å²) in [6.07, 6.45) is 1.89. The summed E-state index contributed by atoms with van der Waals surface area (Å²) < 4.78 is 20.5. The number of carbonyl (C=O) groups excluding carboxylic acids is 1. The zero-order valence-corrected chi connectivity index (χ0v) is 16.7. The van der Waals surface area contributed by atoms with Gasteiger partial charge in [-0.1, -0.05) is 24.3 Å². The summed E-state index contributed by atoms with van der Waals surface area (Å²) >= 11 is 0. The fourth-order valence-electron chi connectivity index (χ4n) is 4.38. The summed E-state index contributed by atoms with van der Waals surface area (Å²) in [5.74, 6) is -0.275. The molecular formula is C23H27FN2O3. The van der Waals surface area contributed by atoms with E-state index >= 15 is 0 Å². The molecule has 2 aromatic rings.